The standard InChI is InChI=1S/C17H18N4O6S/c1-10-8-13(26-2)19-16(18-10)20-17(23)21-28(24,25)9-12-5-3-4-11-6-7-27-15(22)14(11)12/h3-5,8H,6-7,9H2,1-2H3,(H2,18,19,20,21,23). The van der Waals surface area contributed by atoms with Crippen molar-refractivity contribution in [2.24, 2.45) is 0 Å². The molecule has 11 heteroatoms. The maximum absolute atomic E-state index is 12.4. The molecule has 0 bridgehead atoms. The number of nitrogens with one attached hydrogen (secondary N) is 2. The summed E-state index contributed by atoms with van der Waals surface area (Å²) in [5.74, 6) is -1.02. The summed E-state index contributed by atoms with van der Waals surface area (Å²) in [5.41, 5.74) is 1.73. The van der Waals surface area contributed by atoms with Crippen molar-refractivity contribution in [2.45, 2.75) is 19.1 Å². The number of cyclic esters (lactones) is 1. The lowest BCUT2D eigenvalue weighted by Gasteiger charge is -2.18. The van der Waals surface area contributed by atoms with Crippen molar-refractivity contribution in [3.05, 3.63) is 46.6 Å². The number of methoxy groups -OCH3 is 1. The summed E-state index contributed by atoms with van der Waals surface area (Å²) >= 11 is 0. The Kier molecular flexibility index (Phi) is 5.45. The Morgan fingerprint density at radius 2 is 2.11 bits per heavy atom. The minimum absolute atomic E-state index is 0.106. The molecule has 2 aromatic rings. The van der Waals surface area contributed by atoms with Crippen LogP contribution in [0.4, 0.5) is 10.7 Å². The first-order valence-corrected chi connectivity index (χ1v) is 9.91. The monoisotopic (exact) mass is 406 g/mol. The van der Waals surface area contributed by atoms with E-state index in [9.17, 15) is 18.0 Å². The lowest BCUT2D eigenvalue weighted by molar-refractivity contribution is 0.0479. The Hall–Kier alpha value is -3.21. The van der Waals surface area contributed by atoms with Gasteiger partial charge >= 0.3 is 12.0 Å². The third kappa shape index (κ3) is 4.55. The second-order valence-electron chi connectivity index (χ2n) is 6.03. The second kappa shape index (κ2) is 7.80. The zero-order valence-electron chi connectivity index (χ0n) is 15.2. The molecule has 1 aliphatic heterocycles. The molecule has 1 aliphatic rings. The highest BCUT2D eigenvalue weighted by atomic mass is 32.2. The fraction of sp³-hybridized carbons (Fsp3) is 0.294. The molecule has 2 heterocycles. The van der Waals surface area contributed by atoms with E-state index < -0.39 is 27.8 Å². The third-order valence-electron chi connectivity index (χ3n) is 3.90. The van der Waals surface area contributed by atoms with Gasteiger partial charge in [-0.15, -0.1) is 0 Å². The number of nitrogens with zero attached hydrogens (tertiary/aromatic N) is 2. The highest BCUT2D eigenvalue weighted by Crippen LogP contribution is 2.22. The predicted molar refractivity (Wildman–Crippen MR) is 98.5 cm³/mol. The van der Waals surface area contributed by atoms with Crippen molar-refractivity contribution in [3.63, 3.8) is 0 Å². The first kappa shape index (κ1) is 19.5. The Morgan fingerprint density at radius 3 is 2.86 bits per heavy atom. The Labute approximate surface area is 161 Å². The number of urea groups is 1. The number of fused-ring (bicyclic) bond motifs is 1. The van der Waals surface area contributed by atoms with Gasteiger partial charge in [0.25, 0.3) is 0 Å². The van der Waals surface area contributed by atoms with Gasteiger partial charge in [-0.3, -0.25) is 5.32 Å². The van der Waals surface area contributed by atoms with Crippen LogP contribution in [0.15, 0.2) is 24.3 Å². The molecule has 0 unspecified atom stereocenters. The zero-order chi connectivity index (χ0) is 20.3. The summed E-state index contributed by atoms with van der Waals surface area (Å²) in [7, 11) is -2.69. The Morgan fingerprint density at radius 1 is 1.32 bits per heavy atom. The third-order valence-corrected chi connectivity index (χ3v) is 5.09. The van der Waals surface area contributed by atoms with Crippen LogP contribution in [0.1, 0.15) is 27.2 Å². The highest BCUT2D eigenvalue weighted by molar-refractivity contribution is 7.89. The maximum atomic E-state index is 12.4. The molecule has 0 fully saturated rings. The van der Waals surface area contributed by atoms with Crippen molar-refractivity contribution in [3.8, 4) is 5.88 Å². The Bertz CT molecular complexity index is 1040. The van der Waals surface area contributed by atoms with Crippen LogP contribution in [0.25, 0.3) is 0 Å². The molecule has 1 aromatic heterocycles. The molecule has 2 amide bonds. The van der Waals surface area contributed by atoms with Gasteiger partial charge in [0.2, 0.25) is 21.9 Å². The first-order chi connectivity index (χ1) is 13.3. The minimum atomic E-state index is -4.09. The second-order valence-corrected chi connectivity index (χ2v) is 7.75. The summed E-state index contributed by atoms with van der Waals surface area (Å²) in [5, 5.41) is 2.25. The van der Waals surface area contributed by atoms with Crippen molar-refractivity contribution in [1.82, 2.24) is 14.7 Å². The Balaban J connectivity index is 1.73. The number of rotatable bonds is 5. The number of hydrogen-bond donors (Lipinski definition) is 2. The molecule has 0 atom stereocenters. The molecule has 0 spiro atoms. The zero-order valence-corrected chi connectivity index (χ0v) is 16.0. The molecule has 148 valence electrons. The predicted octanol–water partition coefficient (Wildman–Crippen LogP) is 1.16. The van der Waals surface area contributed by atoms with E-state index in [0.29, 0.717) is 17.7 Å². The molecule has 3 rings (SSSR count). The quantitative estimate of drug-likeness (QED) is 0.706. The topological polar surface area (TPSA) is 137 Å². The van der Waals surface area contributed by atoms with Crippen LogP contribution in [-0.2, 0) is 26.9 Å². The number of aromatic nitrogens is 2. The first-order valence-electron chi connectivity index (χ1n) is 8.26. The van der Waals surface area contributed by atoms with Crippen LogP contribution in [0.5, 0.6) is 5.88 Å². The number of ether oxygens (including phenoxy) is 2. The summed E-state index contributed by atoms with van der Waals surface area (Å²) < 4.78 is 36.6. The molecule has 2 N–H and O–H groups in total. The number of benzene rings is 1. The molecule has 0 aliphatic carbocycles. The number of esters is 1. The fourth-order valence-electron chi connectivity index (χ4n) is 2.78. The number of anilines is 1. The van der Waals surface area contributed by atoms with Gasteiger partial charge < -0.3 is 9.47 Å². The lowest BCUT2D eigenvalue weighted by atomic mass is 9.98. The van der Waals surface area contributed by atoms with Gasteiger partial charge in [0.05, 0.1) is 25.0 Å². The van der Waals surface area contributed by atoms with E-state index in [0.717, 1.165) is 0 Å². The molecule has 0 radical (unpaired) electrons. The van der Waals surface area contributed by atoms with Gasteiger partial charge in [-0.25, -0.2) is 27.7 Å². The van der Waals surface area contributed by atoms with E-state index in [-0.39, 0.29) is 29.6 Å². The SMILES string of the molecule is COc1cc(C)nc(NC(=O)NS(=O)(=O)Cc2cccc3c2C(=O)OCC3)n1. The molecule has 10 nitrogen and oxygen atoms in total. The van der Waals surface area contributed by atoms with Crippen molar-refractivity contribution in [2.75, 3.05) is 19.0 Å². The molecular weight excluding hydrogens is 388 g/mol. The van der Waals surface area contributed by atoms with Crippen LogP contribution in [0.3, 0.4) is 0 Å². The average molecular weight is 406 g/mol. The number of hydrogen-bond acceptors (Lipinski definition) is 8. The van der Waals surface area contributed by atoms with Crippen LogP contribution in [0, 0.1) is 6.92 Å². The van der Waals surface area contributed by atoms with Crippen LogP contribution < -0.4 is 14.8 Å². The van der Waals surface area contributed by atoms with Crippen LogP contribution >= 0.6 is 0 Å². The van der Waals surface area contributed by atoms with Gasteiger partial charge in [-0.2, -0.15) is 4.98 Å². The van der Waals surface area contributed by atoms with Crippen LogP contribution in [0.2, 0.25) is 0 Å². The number of carbonyl (C=O) groups is 2. The summed E-state index contributed by atoms with van der Waals surface area (Å²) in [6.07, 6.45) is 0.509. The van der Waals surface area contributed by atoms with E-state index in [2.05, 4.69) is 15.3 Å². The van der Waals surface area contributed by atoms with Crippen molar-refractivity contribution < 1.29 is 27.5 Å². The van der Waals surface area contributed by atoms with E-state index in [1.807, 2.05) is 4.72 Å². The largest absolute Gasteiger partial charge is 0.481 e. The average Bonchev–Trinajstić information content (AvgIpc) is 2.60. The van der Waals surface area contributed by atoms with Crippen molar-refractivity contribution >= 4 is 28.0 Å². The summed E-state index contributed by atoms with van der Waals surface area (Å²) in [4.78, 5) is 32.0. The maximum Gasteiger partial charge on any atom is 0.338 e. The highest BCUT2D eigenvalue weighted by Gasteiger charge is 2.25. The van der Waals surface area contributed by atoms with Gasteiger partial charge in [0, 0.05) is 18.2 Å². The number of aryl methyl sites for hydroxylation is 1. The molecule has 0 saturated heterocycles. The number of sulfonamides is 1. The normalized spacial score (nSPS) is 13.3. The number of amides is 2. The van der Waals surface area contributed by atoms with E-state index in [1.165, 1.54) is 13.2 Å². The minimum Gasteiger partial charge on any atom is -0.481 e. The smallest absolute Gasteiger partial charge is 0.338 e. The van der Waals surface area contributed by atoms with E-state index in [4.69, 9.17) is 9.47 Å². The summed E-state index contributed by atoms with van der Waals surface area (Å²) in [6, 6.07) is 5.44. The number of carbonyl (C=O) groups excluding carboxylic acids is 2. The van der Waals surface area contributed by atoms with Gasteiger partial charge in [0.15, 0.2) is 0 Å². The van der Waals surface area contributed by atoms with Crippen molar-refractivity contribution in [1.29, 1.82) is 0 Å². The van der Waals surface area contributed by atoms with Crippen LogP contribution in [-0.4, -0.2) is 44.1 Å². The fourth-order valence-corrected chi connectivity index (χ4v) is 3.83. The molecule has 1 aromatic carbocycles. The summed E-state index contributed by atoms with van der Waals surface area (Å²) in [6.45, 7) is 1.92. The van der Waals surface area contributed by atoms with Gasteiger partial charge in [0.1, 0.15) is 0 Å². The van der Waals surface area contributed by atoms with Gasteiger partial charge in [-0.05, 0) is 18.1 Å². The van der Waals surface area contributed by atoms with E-state index >= 15 is 0 Å². The lowest BCUT2D eigenvalue weighted by Crippen LogP contribution is -2.36. The molecular formula is C17H18N4O6S. The van der Waals surface area contributed by atoms with Gasteiger partial charge in [-0.1, -0.05) is 18.2 Å². The molecule has 0 saturated carbocycles. The molecule has 28 heavy (non-hydrogen) atoms. The van der Waals surface area contributed by atoms with E-state index in [1.54, 1.807) is 25.1 Å².